The number of amides is 1. The Morgan fingerprint density at radius 2 is 2.06 bits per heavy atom. The van der Waals surface area contributed by atoms with Gasteiger partial charge in [0.25, 0.3) is 0 Å². The minimum absolute atomic E-state index is 0. The van der Waals surface area contributed by atoms with Crippen LogP contribution in [0, 0.1) is 5.92 Å². The maximum Gasteiger partial charge on any atom is 0.237 e. The van der Waals surface area contributed by atoms with E-state index in [2.05, 4.69) is 12.2 Å². The summed E-state index contributed by atoms with van der Waals surface area (Å²) in [4.78, 5) is 11.7. The van der Waals surface area contributed by atoms with Crippen LogP contribution in [0.4, 0.5) is 0 Å². The molecule has 94 valence electrons. The molecule has 1 aliphatic carbocycles. The SMILES string of the molecule is CC1CC1NC(=O)C(N)Cc1ccccc1.Cl. The lowest BCUT2D eigenvalue weighted by Gasteiger charge is -2.11. The lowest BCUT2D eigenvalue weighted by atomic mass is 10.1. The highest BCUT2D eigenvalue weighted by Gasteiger charge is 2.34. The van der Waals surface area contributed by atoms with Gasteiger partial charge in [0, 0.05) is 6.04 Å². The van der Waals surface area contributed by atoms with Crippen molar-refractivity contribution in [2.75, 3.05) is 0 Å². The molecule has 0 saturated heterocycles. The number of hydrogen-bond acceptors (Lipinski definition) is 2. The molecule has 3 nitrogen and oxygen atoms in total. The predicted octanol–water partition coefficient (Wildman–Crippen LogP) is 1.50. The molecule has 4 heteroatoms. The summed E-state index contributed by atoms with van der Waals surface area (Å²) >= 11 is 0. The van der Waals surface area contributed by atoms with Gasteiger partial charge in [-0.3, -0.25) is 4.79 Å². The number of carbonyl (C=O) groups is 1. The number of halogens is 1. The monoisotopic (exact) mass is 254 g/mol. The molecule has 0 aliphatic heterocycles. The van der Waals surface area contributed by atoms with Crippen LogP contribution in [0.25, 0.3) is 0 Å². The summed E-state index contributed by atoms with van der Waals surface area (Å²) in [6.45, 7) is 2.13. The van der Waals surface area contributed by atoms with Crippen molar-refractivity contribution in [3.63, 3.8) is 0 Å². The zero-order valence-corrected chi connectivity index (χ0v) is 10.7. The summed E-state index contributed by atoms with van der Waals surface area (Å²) in [6.07, 6.45) is 1.69. The molecule has 3 atom stereocenters. The van der Waals surface area contributed by atoms with Crippen LogP contribution in [0.1, 0.15) is 18.9 Å². The first-order valence-corrected chi connectivity index (χ1v) is 5.76. The van der Waals surface area contributed by atoms with Crippen LogP contribution >= 0.6 is 12.4 Å². The van der Waals surface area contributed by atoms with Crippen LogP contribution in [0.5, 0.6) is 0 Å². The normalized spacial score (nSPS) is 23.4. The predicted molar refractivity (Wildman–Crippen MR) is 71.1 cm³/mol. The molecule has 0 radical (unpaired) electrons. The van der Waals surface area contributed by atoms with Crippen molar-refractivity contribution in [2.24, 2.45) is 11.7 Å². The van der Waals surface area contributed by atoms with E-state index >= 15 is 0 Å². The lowest BCUT2D eigenvalue weighted by Crippen LogP contribution is -2.43. The summed E-state index contributed by atoms with van der Waals surface area (Å²) < 4.78 is 0. The molecule has 1 aliphatic rings. The first-order valence-electron chi connectivity index (χ1n) is 5.76. The molecule has 3 N–H and O–H groups in total. The van der Waals surface area contributed by atoms with Gasteiger partial charge in [-0.2, -0.15) is 0 Å². The third-order valence-corrected chi connectivity index (χ3v) is 3.07. The Kier molecular flexibility index (Phi) is 4.97. The molecule has 0 aromatic heterocycles. The smallest absolute Gasteiger partial charge is 0.237 e. The van der Waals surface area contributed by atoms with Gasteiger partial charge in [-0.15, -0.1) is 12.4 Å². The molecule has 1 aromatic carbocycles. The van der Waals surface area contributed by atoms with E-state index in [-0.39, 0.29) is 18.3 Å². The first-order chi connectivity index (χ1) is 7.66. The van der Waals surface area contributed by atoms with Crippen molar-refractivity contribution < 1.29 is 4.79 Å². The van der Waals surface area contributed by atoms with Gasteiger partial charge in [0.1, 0.15) is 0 Å². The van der Waals surface area contributed by atoms with Gasteiger partial charge >= 0.3 is 0 Å². The molecule has 2 rings (SSSR count). The molecule has 0 bridgehead atoms. The molecule has 17 heavy (non-hydrogen) atoms. The second-order valence-electron chi connectivity index (χ2n) is 4.62. The maximum absolute atomic E-state index is 11.7. The Hall–Kier alpha value is -1.06. The van der Waals surface area contributed by atoms with E-state index in [0.717, 1.165) is 12.0 Å². The third kappa shape index (κ3) is 4.02. The van der Waals surface area contributed by atoms with E-state index in [9.17, 15) is 4.79 Å². The van der Waals surface area contributed by atoms with E-state index in [1.165, 1.54) is 0 Å². The van der Waals surface area contributed by atoms with Gasteiger partial charge in [0.15, 0.2) is 0 Å². The zero-order chi connectivity index (χ0) is 11.5. The highest BCUT2D eigenvalue weighted by Crippen LogP contribution is 2.28. The number of nitrogens with one attached hydrogen (secondary N) is 1. The molecule has 1 saturated carbocycles. The summed E-state index contributed by atoms with van der Waals surface area (Å²) in [7, 11) is 0. The topological polar surface area (TPSA) is 55.1 Å². The molecule has 0 spiro atoms. The molecule has 3 unspecified atom stereocenters. The van der Waals surface area contributed by atoms with Crippen molar-refractivity contribution in [1.29, 1.82) is 0 Å². The van der Waals surface area contributed by atoms with Crippen molar-refractivity contribution in [1.82, 2.24) is 5.32 Å². The minimum atomic E-state index is -0.435. The molecular weight excluding hydrogens is 236 g/mol. The van der Waals surface area contributed by atoms with Crippen LogP contribution in [0.15, 0.2) is 30.3 Å². The van der Waals surface area contributed by atoms with E-state index < -0.39 is 6.04 Å². The minimum Gasteiger partial charge on any atom is -0.352 e. The quantitative estimate of drug-likeness (QED) is 0.856. The first kappa shape index (κ1) is 14.0. The Labute approximate surface area is 108 Å². The summed E-state index contributed by atoms with van der Waals surface area (Å²) in [5.41, 5.74) is 6.96. The average Bonchev–Trinajstić information content (AvgIpc) is 2.95. The van der Waals surface area contributed by atoms with Crippen molar-refractivity contribution in [3.8, 4) is 0 Å². The zero-order valence-electron chi connectivity index (χ0n) is 9.93. The van der Waals surface area contributed by atoms with Crippen LogP contribution in [-0.4, -0.2) is 18.0 Å². The molecule has 1 aromatic rings. The number of carbonyl (C=O) groups excluding carboxylic acids is 1. The van der Waals surface area contributed by atoms with E-state index in [0.29, 0.717) is 18.4 Å². The van der Waals surface area contributed by atoms with Crippen molar-refractivity contribution >= 4 is 18.3 Å². The fourth-order valence-corrected chi connectivity index (χ4v) is 1.77. The highest BCUT2D eigenvalue weighted by atomic mass is 35.5. The van der Waals surface area contributed by atoms with Gasteiger partial charge in [0.2, 0.25) is 5.91 Å². The standard InChI is InChI=1S/C13H18N2O.ClH/c1-9-7-12(9)15-13(16)11(14)8-10-5-3-2-4-6-10;/h2-6,9,11-12H,7-8,14H2,1H3,(H,15,16);1H. The maximum atomic E-state index is 11.7. The van der Waals surface area contributed by atoms with Gasteiger partial charge in [-0.25, -0.2) is 0 Å². The number of hydrogen-bond donors (Lipinski definition) is 2. The van der Waals surface area contributed by atoms with Crippen LogP contribution in [0.3, 0.4) is 0 Å². The number of rotatable bonds is 4. The van der Waals surface area contributed by atoms with Crippen molar-refractivity contribution in [2.45, 2.75) is 31.8 Å². The Balaban J connectivity index is 0.00000144. The molecular formula is C13H19ClN2O. The van der Waals surface area contributed by atoms with Gasteiger partial charge in [-0.1, -0.05) is 37.3 Å². The van der Waals surface area contributed by atoms with Gasteiger partial charge < -0.3 is 11.1 Å². The van der Waals surface area contributed by atoms with Crippen molar-refractivity contribution in [3.05, 3.63) is 35.9 Å². The van der Waals surface area contributed by atoms with Gasteiger partial charge in [-0.05, 0) is 24.3 Å². The van der Waals surface area contributed by atoms with Crippen LogP contribution < -0.4 is 11.1 Å². The second-order valence-corrected chi connectivity index (χ2v) is 4.62. The third-order valence-electron chi connectivity index (χ3n) is 3.07. The van der Waals surface area contributed by atoms with E-state index in [1.54, 1.807) is 0 Å². The average molecular weight is 255 g/mol. The lowest BCUT2D eigenvalue weighted by molar-refractivity contribution is -0.122. The summed E-state index contributed by atoms with van der Waals surface area (Å²) in [5.74, 6) is 0.589. The Morgan fingerprint density at radius 3 is 2.59 bits per heavy atom. The number of nitrogens with two attached hydrogens (primary N) is 1. The fraction of sp³-hybridized carbons (Fsp3) is 0.462. The Bertz CT molecular complexity index is 369. The van der Waals surface area contributed by atoms with E-state index in [1.807, 2.05) is 30.3 Å². The van der Waals surface area contributed by atoms with E-state index in [4.69, 9.17) is 5.73 Å². The highest BCUT2D eigenvalue weighted by molar-refractivity contribution is 5.85. The van der Waals surface area contributed by atoms with Crippen LogP contribution in [0.2, 0.25) is 0 Å². The molecule has 1 fully saturated rings. The van der Waals surface area contributed by atoms with Crippen LogP contribution in [-0.2, 0) is 11.2 Å². The molecule has 1 amide bonds. The Morgan fingerprint density at radius 1 is 1.47 bits per heavy atom. The van der Waals surface area contributed by atoms with Gasteiger partial charge in [0.05, 0.1) is 6.04 Å². The second kappa shape index (κ2) is 6.03. The largest absolute Gasteiger partial charge is 0.352 e. The molecule has 0 heterocycles. The number of benzene rings is 1. The summed E-state index contributed by atoms with van der Waals surface area (Å²) in [6, 6.07) is 9.79. The fourth-order valence-electron chi connectivity index (χ4n) is 1.77. The summed E-state index contributed by atoms with van der Waals surface area (Å²) in [5, 5.41) is 2.96.